The summed E-state index contributed by atoms with van der Waals surface area (Å²) in [6.45, 7) is 4.15. The Morgan fingerprint density at radius 1 is 1.19 bits per heavy atom. The summed E-state index contributed by atoms with van der Waals surface area (Å²) in [4.78, 5) is 28.5. The molecule has 1 N–H and O–H groups in total. The Hall–Kier alpha value is -2.76. The molecule has 0 radical (unpaired) electrons. The van der Waals surface area contributed by atoms with Crippen molar-refractivity contribution in [3.05, 3.63) is 47.4 Å². The average Bonchev–Trinajstić information content (AvgIpc) is 3.16. The molecule has 0 aromatic carbocycles. The van der Waals surface area contributed by atoms with Crippen LogP contribution in [0.15, 0.2) is 36.2 Å². The number of hydrogen-bond acceptors (Lipinski definition) is 5. The maximum Gasteiger partial charge on any atom is 0.219 e. The van der Waals surface area contributed by atoms with E-state index in [1.54, 1.807) is 13.1 Å². The predicted octanol–water partition coefficient (Wildman–Crippen LogP) is 4.28. The molecule has 2 aromatic rings. The zero-order valence-corrected chi connectivity index (χ0v) is 18.4. The number of likely N-dealkylation sites (tertiary alicyclic amines) is 1. The molecule has 1 atom stereocenters. The van der Waals surface area contributed by atoms with Gasteiger partial charge in [0.2, 0.25) is 5.91 Å². The first-order valence-electron chi connectivity index (χ1n) is 11.6. The molecule has 3 aliphatic rings. The molecule has 2 aromatic heterocycles. The largest absolute Gasteiger partial charge is 0.366 e. The molecule has 0 saturated carbocycles. The number of nitrogens with one attached hydrogen (secondary N) is 1. The van der Waals surface area contributed by atoms with Crippen LogP contribution >= 0.6 is 0 Å². The highest BCUT2D eigenvalue weighted by atomic mass is 16.2. The van der Waals surface area contributed by atoms with E-state index in [2.05, 4.69) is 16.4 Å². The van der Waals surface area contributed by atoms with Crippen molar-refractivity contribution >= 4 is 11.7 Å². The highest BCUT2D eigenvalue weighted by molar-refractivity contribution is 5.73. The van der Waals surface area contributed by atoms with E-state index in [0.717, 1.165) is 68.2 Å². The van der Waals surface area contributed by atoms with Crippen LogP contribution in [0.2, 0.25) is 0 Å². The van der Waals surface area contributed by atoms with Crippen molar-refractivity contribution in [2.45, 2.75) is 63.7 Å². The minimum Gasteiger partial charge on any atom is -0.366 e. The normalized spacial score (nSPS) is 22.9. The van der Waals surface area contributed by atoms with Crippen molar-refractivity contribution in [1.29, 1.82) is 0 Å². The minimum atomic E-state index is -0.0559. The zero-order valence-electron chi connectivity index (χ0n) is 18.4. The summed E-state index contributed by atoms with van der Waals surface area (Å²) in [6, 6.07) is 3.95. The molecule has 162 valence electrons. The maximum atomic E-state index is 12.2. The standard InChI is InChI=1S/C25H31N5O/c1-18(31)30-14-6-11-25(17-30)12-10-21-22(25)28-23(20-9-5-13-26-16-20)29-24(21)27-15-19-7-3-2-4-8-19/h5,7,9,13,16H,2-4,6,8,10-12,14-15,17H2,1H3,(H,27,28,29). The van der Waals surface area contributed by atoms with Gasteiger partial charge in [-0.05, 0) is 63.5 Å². The second-order valence-corrected chi connectivity index (χ2v) is 9.25. The van der Waals surface area contributed by atoms with Crippen LogP contribution in [0.4, 0.5) is 5.82 Å². The van der Waals surface area contributed by atoms with Crippen LogP contribution in [-0.2, 0) is 16.6 Å². The summed E-state index contributed by atoms with van der Waals surface area (Å²) < 4.78 is 0. The number of amides is 1. The SMILES string of the molecule is CC(=O)N1CCCC2(CCc3c(NCC4=CCCCC4)nc(-c4cccnc4)nc32)C1. The van der Waals surface area contributed by atoms with Crippen molar-refractivity contribution in [1.82, 2.24) is 19.9 Å². The van der Waals surface area contributed by atoms with E-state index in [0.29, 0.717) is 0 Å². The van der Waals surface area contributed by atoms with Crippen LogP contribution in [0.1, 0.15) is 63.1 Å². The summed E-state index contributed by atoms with van der Waals surface area (Å²) in [7, 11) is 0. The number of rotatable bonds is 4. The quantitative estimate of drug-likeness (QED) is 0.752. The summed E-state index contributed by atoms with van der Waals surface area (Å²) in [5.41, 5.74) is 4.75. The van der Waals surface area contributed by atoms with E-state index in [9.17, 15) is 4.79 Å². The highest BCUT2D eigenvalue weighted by Gasteiger charge is 2.45. The Labute approximate surface area is 184 Å². The lowest BCUT2D eigenvalue weighted by molar-refractivity contribution is -0.131. The number of fused-ring (bicyclic) bond motifs is 2. The van der Waals surface area contributed by atoms with Crippen LogP contribution in [0.25, 0.3) is 11.4 Å². The van der Waals surface area contributed by atoms with Gasteiger partial charge in [0.25, 0.3) is 0 Å². The molecule has 3 heterocycles. The number of aromatic nitrogens is 3. The third-order valence-corrected chi connectivity index (χ3v) is 7.17. The number of hydrogen-bond donors (Lipinski definition) is 1. The molecule has 5 rings (SSSR count). The van der Waals surface area contributed by atoms with Gasteiger partial charge in [0, 0.05) is 55.5 Å². The van der Waals surface area contributed by atoms with Gasteiger partial charge in [-0.25, -0.2) is 9.97 Å². The van der Waals surface area contributed by atoms with Gasteiger partial charge in [0.15, 0.2) is 5.82 Å². The fourth-order valence-corrected chi connectivity index (χ4v) is 5.47. The summed E-state index contributed by atoms with van der Waals surface area (Å²) >= 11 is 0. The van der Waals surface area contributed by atoms with Gasteiger partial charge in [-0.2, -0.15) is 0 Å². The lowest BCUT2D eigenvalue weighted by atomic mass is 9.77. The number of anilines is 1. The van der Waals surface area contributed by atoms with Crippen molar-refractivity contribution in [2.75, 3.05) is 25.0 Å². The Bertz CT molecular complexity index is 1000. The lowest BCUT2D eigenvalue weighted by Gasteiger charge is -2.40. The van der Waals surface area contributed by atoms with E-state index < -0.39 is 0 Å². The minimum absolute atomic E-state index is 0.0559. The van der Waals surface area contributed by atoms with E-state index in [1.165, 1.54) is 36.8 Å². The summed E-state index contributed by atoms with van der Waals surface area (Å²) in [5.74, 6) is 1.86. The van der Waals surface area contributed by atoms with Crippen molar-refractivity contribution in [3.8, 4) is 11.4 Å². The van der Waals surface area contributed by atoms with Gasteiger partial charge in [-0.15, -0.1) is 0 Å². The van der Waals surface area contributed by atoms with Gasteiger partial charge < -0.3 is 10.2 Å². The highest BCUT2D eigenvalue weighted by Crippen LogP contribution is 2.46. The van der Waals surface area contributed by atoms with Gasteiger partial charge in [0.1, 0.15) is 5.82 Å². The fraction of sp³-hybridized carbons (Fsp3) is 0.520. The van der Waals surface area contributed by atoms with Crippen molar-refractivity contribution in [3.63, 3.8) is 0 Å². The van der Waals surface area contributed by atoms with Crippen LogP contribution in [0, 0.1) is 0 Å². The second kappa shape index (κ2) is 8.40. The molecule has 31 heavy (non-hydrogen) atoms. The fourth-order valence-electron chi connectivity index (χ4n) is 5.47. The van der Waals surface area contributed by atoms with Gasteiger partial charge >= 0.3 is 0 Å². The lowest BCUT2D eigenvalue weighted by Crippen LogP contribution is -2.47. The first-order chi connectivity index (χ1) is 15.1. The van der Waals surface area contributed by atoms with Crippen molar-refractivity contribution in [2.24, 2.45) is 0 Å². The molecule has 2 aliphatic carbocycles. The van der Waals surface area contributed by atoms with Gasteiger partial charge in [-0.1, -0.05) is 11.6 Å². The van der Waals surface area contributed by atoms with E-state index in [1.807, 2.05) is 23.2 Å². The maximum absolute atomic E-state index is 12.2. The number of pyridine rings is 1. The molecule has 1 aliphatic heterocycles. The summed E-state index contributed by atoms with van der Waals surface area (Å²) in [5, 5.41) is 3.66. The molecular formula is C25H31N5O. The van der Waals surface area contributed by atoms with Gasteiger partial charge in [0.05, 0.1) is 5.69 Å². The Morgan fingerprint density at radius 2 is 2.13 bits per heavy atom. The molecule has 6 nitrogen and oxygen atoms in total. The predicted molar refractivity (Wildman–Crippen MR) is 122 cm³/mol. The molecule has 0 bridgehead atoms. The number of allylic oxidation sites excluding steroid dienone is 1. The monoisotopic (exact) mass is 417 g/mol. The molecular weight excluding hydrogens is 386 g/mol. The van der Waals surface area contributed by atoms with E-state index >= 15 is 0 Å². The Kier molecular flexibility index (Phi) is 5.47. The van der Waals surface area contributed by atoms with E-state index in [-0.39, 0.29) is 11.3 Å². The Balaban J connectivity index is 1.53. The molecule has 1 fully saturated rings. The average molecular weight is 418 g/mol. The van der Waals surface area contributed by atoms with Crippen molar-refractivity contribution < 1.29 is 4.79 Å². The molecule has 1 spiro atoms. The van der Waals surface area contributed by atoms with Gasteiger partial charge in [-0.3, -0.25) is 9.78 Å². The summed E-state index contributed by atoms with van der Waals surface area (Å²) in [6.07, 6.45) is 15.0. The third kappa shape index (κ3) is 3.95. The number of carbonyl (C=O) groups is 1. The smallest absolute Gasteiger partial charge is 0.219 e. The topological polar surface area (TPSA) is 71.0 Å². The number of piperidine rings is 1. The van der Waals surface area contributed by atoms with Crippen LogP contribution in [-0.4, -0.2) is 45.4 Å². The second-order valence-electron chi connectivity index (χ2n) is 9.25. The third-order valence-electron chi connectivity index (χ3n) is 7.17. The van der Waals surface area contributed by atoms with E-state index in [4.69, 9.17) is 9.97 Å². The molecule has 1 amide bonds. The first-order valence-corrected chi connectivity index (χ1v) is 11.6. The molecule has 1 saturated heterocycles. The van der Waals surface area contributed by atoms with Crippen LogP contribution in [0.3, 0.4) is 0 Å². The molecule has 6 heteroatoms. The Morgan fingerprint density at radius 3 is 2.90 bits per heavy atom. The van der Waals surface area contributed by atoms with Crippen LogP contribution < -0.4 is 5.32 Å². The zero-order chi connectivity index (χ0) is 21.3. The number of carbonyl (C=O) groups excluding carboxylic acids is 1. The first kappa shape index (κ1) is 20.2. The molecule has 1 unspecified atom stereocenters. The van der Waals surface area contributed by atoms with Crippen LogP contribution in [0.5, 0.6) is 0 Å². The number of nitrogens with zero attached hydrogens (tertiary/aromatic N) is 4.